The Hall–Kier alpha value is -0.252. The van der Waals surface area contributed by atoms with Gasteiger partial charge in [-0.2, -0.15) is 17.4 Å². The van der Waals surface area contributed by atoms with Gasteiger partial charge in [0.15, 0.2) is 5.75 Å². The summed E-state index contributed by atoms with van der Waals surface area (Å²) in [5.74, 6) is -0.0559. The molecule has 222 valence electrons. The predicted molar refractivity (Wildman–Crippen MR) is 136 cm³/mol. The molecule has 2 fully saturated rings. The van der Waals surface area contributed by atoms with Crippen molar-refractivity contribution in [1.29, 1.82) is 0 Å². The zero-order chi connectivity index (χ0) is 28.3. The summed E-state index contributed by atoms with van der Waals surface area (Å²) in [5, 5.41) is 45.8. The molecule has 2 radical (unpaired) electrons. The Bertz CT molecular complexity index is 1010. The van der Waals surface area contributed by atoms with Crippen molar-refractivity contribution in [3.05, 3.63) is 42.9 Å². The largest absolute Gasteiger partial charge is 0.659 e. The van der Waals surface area contributed by atoms with Crippen LogP contribution in [0.5, 0.6) is 11.5 Å². The molecule has 1 aliphatic carbocycles. The molecule has 6 atom stereocenters. The van der Waals surface area contributed by atoms with E-state index in [1.165, 1.54) is 0 Å². The predicted octanol–water partition coefficient (Wildman–Crippen LogP) is 2.20. The second-order valence-electron chi connectivity index (χ2n) is 10.5. The van der Waals surface area contributed by atoms with Gasteiger partial charge < -0.3 is 46.0 Å². The summed E-state index contributed by atoms with van der Waals surface area (Å²) in [4.78, 5) is 12.9. The van der Waals surface area contributed by atoms with Gasteiger partial charge in [0.05, 0.1) is 6.04 Å². The Morgan fingerprint density at radius 3 is 2.35 bits per heavy atom. The topological polar surface area (TPSA) is 165 Å². The van der Waals surface area contributed by atoms with Crippen molar-refractivity contribution in [3.63, 3.8) is 0 Å². The normalized spacial score (nSPS) is 26.7. The quantitative estimate of drug-likeness (QED) is 0.0573. The number of hydrogen-bond acceptors (Lipinski definition) is 12. The first-order valence-electron chi connectivity index (χ1n) is 11.9. The van der Waals surface area contributed by atoms with Gasteiger partial charge in [0.25, 0.3) is 12.3 Å². The first-order valence-corrected chi connectivity index (χ1v) is 12.5. The van der Waals surface area contributed by atoms with E-state index in [1.807, 2.05) is 27.7 Å². The van der Waals surface area contributed by atoms with E-state index in [2.05, 4.69) is 21.6 Å². The van der Waals surface area contributed by atoms with E-state index >= 15 is 0 Å². The third-order valence-electron chi connectivity index (χ3n) is 7.02. The molecule has 3 rings (SSSR count). The van der Waals surface area contributed by atoms with Gasteiger partial charge in [-0.05, 0) is 30.7 Å². The number of aliphatic hydroxyl groups is 3. The van der Waals surface area contributed by atoms with E-state index in [4.69, 9.17) is 23.7 Å². The number of aliphatic hydroxyl groups excluding tert-OH is 3. The third-order valence-corrected chi connectivity index (χ3v) is 7.38. The molecule has 2 aliphatic rings. The second kappa shape index (κ2) is 16.0. The minimum Gasteiger partial charge on any atom is -0.659 e. The number of rotatable bonds is 11. The molecule has 1 aromatic carbocycles. The van der Waals surface area contributed by atoms with Gasteiger partial charge in [-0.3, -0.25) is 4.79 Å². The van der Waals surface area contributed by atoms with Crippen LogP contribution in [0, 0.1) is 24.4 Å². The maximum absolute atomic E-state index is 12.9. The van der Waals surface area contributed by atoms with E-state index in [0.717, 1.165) is 0 Å². The fourth-order valence-corrected chi connectivity index (χ4v) is 4.00. The molecule has 40 heavy (non-hydrogen) atoms. The minimum absolute atomic E-state index is 0. The Morgan fingerprint density at radius 1 is 1.12 bits per heavy atom. The van der Waals surface area contributed by atoms with Crippen LogP contribution >= 0.6 is 12.3 Å². The van der Waals surface area contributed by atoms with E-state index in [1.54, 1.807) is 37.8 Å². The van der Waals surface area contributed by atoms with Gasteiger partial charge in [-0.15, -0.1) is 0 Å². The summed E-state index contributed by atoms with van der Waals surface area (Å²) in [6.45, 7) is 15.1. The molecule has 1 heterocycles. The molecule has 0 aromatic heterocycles. The summed E-state index contributed by atoms with van der Waals surface area (Å²) < 4.78 is 26.1. The fourth-order valence-electron chi connectivity index (χ4n) is 3.75. The third kappa shape index (κ3) is 9.12. The second-order valence-corrected chi connectivity index (χ2v) is 11.0. The molecule has 1 aliphatic heterocycles. The maximum Gasteiger partial charge on any atom is 0.261 e. The first kappa shape index (κ1) is 37.8. The van der Waals surface area contributed by atoms with Crippen LogP contribution in [0.2, 0.25) is 0 Å². The summed E-state index contributed by atoms with van der Waals surface area (Å²) in [6.07, 6.45) is -4.31. The molecule has 0 bridgehead atoms. The maximum atomic E-state index is 12.9. The van der Waals surface area contributed by atoms with Gasteiger partial charge in [0, 0.05) is 56.8 Å². The van der Waals surface area contributed by atoms with Crippen LogP contribution in [0.15, 0.2) is 23.8 Å². The summed E-state index contributed by atoms with van der Waals surface area (Å²) in [7, 11) is 0. The summed E-state index contributed by atoms with van der Waals surface area (Å²) in [6, 6.07) is 3.70. The summed E-state index contributed by atoms with van der Waals surface area (Å²) in [5.41, 5.74) is 0.0298. The zero-order valence-corrected chi connectivity index (χ0v) is 27.9. The number of ether oxygens (including phenoxy) is 3. The van der Waals surface area contributed by atoms with Crippen molar-refractivity contribution < 1.29 is 104 Å². The molecule has 12 nitrogen and oxygen atoms in total. The number of benzene rings is 1. The minimum atomic E-state index is -1.46. The number of nitrogens with one attached hydrogen (secondary N) is 1. The smallest absolute Gasteiger partial charge is 0.261 e. The molecule has 15 heteroatoms. The Morgan fingerprint density at radius 2 is 1.75 bits per heavy atom. The average Bonchev–Trinajstić information content (AvgIpc) is 3.34. The van der Waals surface area contributed by atoms with Crippen molar-refractivity contribution >= 4 is 24.3 Å². The van der Waals surface area contributed by atoms with Gasteiger partial charge >= 0.3 is 0 Å². The van der Waals surface area contributed by atoms with Crippen LogP contribution in [-0.4, -0.2) is 69.8 Å². The molecule has 5 N–H and O–H groups in total. The fraction of sp³-hybridized carbons (Fsp3) is 0.560. The molecule has 1 amide bonds. The van der Waals surface area contributed by atoms with E-state index in [0.29, 0.717) is 23.6 Å². The van der Waals surface area contributed by atoms with Crippen molar-refractivity contribution in [3.8, 4) is 11.5 Å². The number of fused-ring (bicyclic) bond motifs is 1. The van der Waals surface area contributed by atoms with Crippen LogP contribution in [0.1, 0.15) is 40.2 Å². The number of carbonyl (C=O) groups excluding carboxylic acids is 1. The van der Waals surface area contributed by atoms with E-state index in [9.17, 15) is 20.1 Å². The van der Waals surface area contributed by atoms with E-state index in [-0.39, 0.29) is 74.8 Å². The first-order chi connectivity index (χ1) is 17.8. The van der Waals surface area contributed by atoms with Crippen molar-refractivity contribution in [2.75, 3.05) is 6.79 Å². The van der Waals surface area contributed by atoms with Crippen LogP contribution in [0.4, 0.5) is 0 Å². The average molecular weight is 697 g/mol. The molecular weight excluding hydrogens is 662 g/mol. The molecule has 1 saturated carbocycles. The van der Waals surface area contributed by atoms with Gasteiger partial charge in [-0.25, -0.2) is 5.26 Å². The van der Waals surface area contributed by atoms with Crippen molar-refractivity contribution in [2.45, 2.75) is 71.2 Å². The van der Waals surface area contributed by atoms with Gasteiger partial charge in [-0.1, -0.05) is 43.1 Å². The SMILES string of the molecule is [CH2-]C(C)(C)C(C)(C)[CH-]Oc1ccc(/C=C(\C)C(=O)N[C@@H]2[C@H](O)[C@@H](O)[C@H]3OCO[C@H]3[C@@H]2O)cc1OSOOO.[V].[Y]. The molecule has 0 spiro atoms. The van der Waals surface area contributed by atoms with E-state index < -0.39 is 47.9 Å². The number of hydrogen-bond donors (Lipinski definition) is 5. The summed E-state index contributed by atoms with van der Waals surface area (Å²) >= 11 is 0.345. The molecular formula is C25H35NO11SVY-2. The van der Waals surface area contributed by atoms with Gasteiger partial charge in [0.2, 0.25) is 5.91 Å². The standard InChI is InChI=1S/C25H35NO11S.V.Y/c1-13(23(30)26-17-18(27)20(29)22-21(19(17)28)33-12-34-22)9-14-7-8-15(16(10-14)35-38-37-36-31)32-11-25(5,6)24(2,3)4;;/h7-11,17-22,27-29,31H,2,12H2,1,3-6H3,(H,26,30);;/q-2;;/b13-9+;;/t17-,18+,19-,20-,21+,22-;;/m1../s1. The zero-order valence-electron chi connectivity index (χ0n) is 22.8. The molecule has 0 unspecified atom stereocenters. The number of amides is 1. The van der Waals surface area contributed by atoms with Crippen LogP contribution in [0.3, 0.4) is 0 Å². The van der Waals surface area contributed by atoms with Crippen molar-refractivity contribution in [2.24, 2.45) is 10.8 Å². The van der Waals surface area contributed by atoms with Crippen LogP contribution < -0.4 is 14.2 Å². The van der Waals surface area contributed by atoms with Crippen LogP contribution in [0.25, 0.3) is 6.08 Å². The van der Waals surface area contributed by atoms with Gasteiger partial charge in [0.1, 0.15) is 43.1 Å². The number of carbonyl (C=O) groups is 1. The Labute approximate surface area is 275 Å². The van der Waals surface area contributed by atoms with Crippen LogP contribution in [-0.2, 0) is 74.9 Å². The Balaban J connectivity index is 0.00000400. The monoisotopic (exact) mass is 697 g/mol. The molecule has 1 saturated heterocycles. The van der Waals surface area contributed by atoms with Crippen molar-refractivity contribution in [1.82, 2.24) is 5.32 Å². The molecule has 1 aromatic rings. The Kier molecular flexibility index (Phi) is 15.1.